The van der Waals surface area contributed by atoms with Crippen molar-refractivity contribution in [1.29, 1.82) is 0 Å². The molecule has 7 nitrogen and oxygen atoms in total. The van der Waals surface area contributed by atoms with Crippen molar-refractivity contribution in [1.82, 2.24) is 14.6 Å². The molecule has 4 aromatic rings. The van der Waals surface area contributed by atoms with E-state index in [0.717, 1.165) is 5.69 Å². The average Bonchev–Trinajstić information content (AvgIpc) is 3.39. The molecule has 2 aromatic carbocycles. The number of nitrogens with one attached hydrogen (secondary N) is 1. The van der Waals surface area contributed by atoms with Crippen molar-refractivity contribution in [2.24, 2.45) is 5.10 Å². The maximum atomic E-state index is 12.4. The van der Waals surface area contributed by atoms with Gasteiger partial charge in [0.2, 0.25) is 0 Å². The summed E-state index contributed by atoms with van der Waals surface area (Å²) in [7, 11) is -3.82. The Bertz CT molecular complexity index is 1230. The molecular weight excluding hydrogens is 412 g/mol. The van der Waals surface area contributed by atoms with E-state index >= 15 is 0 Å². The van der Waals surface area contributed by atoms with Crippen LogP contribution in [0.3, 0.4) is 0 Å². The molecule has 0 amide bonds. The third kappa shape index (κ3) is 4.23. The second-order valence-corrected chi connectivity index (χ2v) is 8.09. The lowest BCUT2D eigenvalue weighted by Crippen LogP contribution is -2.18. The van der Waals surface area contributed by atoms with Gasteiger partial charge in [-0.2, -0.15) is 18.6 Å². The monoisotopic (exact) mass is 426 g/mol. The number of hydrogen-bond acceptors (Lipinski definition) is 5. The molecule has 0 fully saturated rings. The number of aromatic nitrogens is 2. The van der Waals surface area contributed by atoms with E-state index in [1.165, 1.54) is 30.5 Å². The minimum atomic E-state index is -3.82. The van der Waals surface area contributed by atoms with Gasteiger partial charge in [-0.3, -0.25) is 0 Å². The quantitative estimate of drug-likeness (QED) is 0.371. The molecule has 0 saturated heterocycles. The molecular formula is C20H15ClN4O3S. The summed E-state index contributed by atoms with van der Waals surface area (Å²) in [5, 5.41) is 8.89. The fourth-order valence-corrected chi connectivity index (χ4v) is 3.55. The van der Waals surface area contributed by atoms with E-state index < -0.39 is 10.0 Å². The van der Waals surface area contributed by atoms with Crippen LogP contribution in [-0.4, -0.2) is 24.4 Å². The Labute approximate surface area is 172 Å². The Morgan fingerprint density at radius 2 is 1.79 bits per heavy atom. The molecule has 0 unspecified atom stereocenters. The van der Waals surface area contributed by atoms with E-state index in [4.69, 9.17) is 16.0 Å². The number of para-hydroxylation sites is 1. The van der Waals surface area contributed by atoms with Crippen molar-refractivity contribution in [3.8, 4) is 17.1 Å². The second-order valence-electron chi connectivity index (χ2n) is 6.00. The molecule has 29 heavy (non-hydrogen) atoms. The van der Waals surface area contributed by atoms with E-state index in [-0.39, 0.29) is 4.90 Å². The first kappa shape index (κ1) is 19.0. The zero-order chi connectivity index (χ0) is 20.3. The van der Waals surface area contributed by atoms with Crippen molar-refractivity contribution < 1.29 is 12.8 Å². The topological polar surface area (TPSA) is 89.5 Å². The largest absolute Gasteiger partial charge is 0.463 e. The van der Waals surface area contributed by atoms with E-state index in [1.807, 2.05) is 30.3 Å². The highest BCUT2D eigenvalue weighted by Gasteiger charge is 2.15. The van der Waals surface area contributed by atoms with Crippen molar-refractivity contribution in [2.45, 2.75) is 4.90 Å². The minimum Gasteiger partial charge on any atom is -0.463 e. The molecule has 4 rings (SSSR count). The summed E-state index contributed by atoms with van der Waals surface area (Å²) in [6.45, 7) is 0. The third-order valence-corrected chi connectivity index (χ3v) is 5.51. The van der Waals surface area contributed by atoms with E-state index in [1.54, 1.807) is 29.3 Å². The zero-order valence-corrected chi connectivity index (χ0v) is 16.5. The molecule has 0 aliphatic heterocycles. The summed E-state index contributed by atoms with van der Waals surface area (Å²) in [4.78, 5) is 2.26. The van der Waals surface area contributed by atoms with Gasteiger partial charge in [-0.05, 0) is 48.5 Å². The van der Waals surface area contributed by atoms with Gasteiger partial charge < -0.3 is 4.42 Å². The minimum absolute atomic E-state index is 0.0605. The third-order valence-electron chi connectivity index (χ3n) is 4.02. The zero-order valence-electron chi connectivity index (χ0n) is 14.9. The fraction of sp³-hybridized carbons (Fsp3) is 0. The van der Waals surface area contributed by atoms with Crippen LogP contribution in [0.5, 0.6) is 0 Å². The number of hydrogen-bond donors (Lipinski definition) is 1. The van der Waals surface area contributed by atoms with E-state index in [2.05, 4.69) is 15.0 Å². The molecule has 0 saturated carbocycles. The van der Waals surface area contributed by atoms with E-state index in [0.29, 0.717) is 22.0 Å². The van der Waals surface area contributed by atoms with Crippen LogP contribution in [0, 0.1) is 0 Å². The highest BCUT2D eigenvalue weighted by atomic mass is 35.5. The number of rotatable bonds is 6. The lowest BCUT2D eigenvalue weighted by molar-refractivity contribution is 0.579. The normalized spacial score (nSPS) is 11.8. The molecule has 0 spiro atoms. The van der Waals surface area contributed by atoms with Crippen LogP contribution in [-0.2, 0) is 10.0 Å². The van der Waals surface area contributed by atoms with Crippen LogP contribution in [0.2, 0.25) is 5.02 Å². The van der Waals surface area contributed by atoms with Crippen LogP contribution in [0.1, 0.15) is 5.56 Å². The van der Waals surface area contributed by atoms with Gasteiger partial charge in [-0.15, -0.1) is 0 Å². The summed E-state index contributed by atoms with van der Waals surface area (Å²) < 4.78 is 31.9. The highest BCUT2D eigenvalue weighted by Crippen LogP contribution is 2.23. The van der Waals surface area contributed by atoms with Gasteiger partial charge in [0.15, 0.2) is 5.76 Å². The first-order chi connectivity index (χ1) is 14.0. The van der Waals surface area contributed by atoms with Crippen LogP contribution < -0.4 is 4.83 Å². The van der Waals surface area contributed by atoms with Crippen molar-refractivity contribution in [3.05, 3.63) is 89.8 Å². The molecule has 0 bridgehead atoms. The number of halogens is 1. The number of sulfonamides is 1. The lowest BCUT2D eigenvalue weighted by atomic mass is 10.2. The maximum Gasteiger partial charge on any atom is 0.276 e. The van der Waals surface area contributed by atoms with Crippen LogP contribution in [0.4, 0.5) is 0 Å². The molecule has 146 valence electrons. The van der Waals surface area contributed by atoms with Crippen molar-refractivity contribution in [2.75, 3.05) is 0 Å². The SMILES string of the molecule is O=S(=O)(NN=Cc1cn(-c2ccccc2)nc1-c1ccco1)c1ccc(Cl)cc1. The molecule has 1 N–H and O–H groups in total. The number of benzene rings is 2. The molecule has 2 heterocycles. The van der Waals surface area contributed by atoms with Gasteiger partial charge in [0.1, 0.15) is 5.69 Å². The molecule has 9 heteroatoms. The Morgan fingerprint density at radius 1 is 1.03 bits per heavy atom. The first-order valence-corrected chi connectivity index (χ1v) is 10.4. The number of furan rings is 1. The maximum absolute atomic E-state index is 12.4. The van der Waals surface area contributed by atoms with E-state index in [9.17, 15) is 8.42 Å². The van der Waals surface area contributed by atoms with Crippen molar-refractivity contribution in [3.63, 3.8) is 0 Å². The number of nitrogens with zero attached hydrogens (tertiary/aromatic N) is 3. The van der Waals surface area contributed by atoms with Crippen LogP contribution in [0.25, 0.3) is 17.1 Å². The smallest absolute Gasteiger partial charge is 0.276 e. The summed E-state index contributed by atoms with van der Waals surface area (Å²) in [6, 6.07) is 18.9. The van der Waals surface area contributed by atoms with Gasteiger partial charge in [0, 0.05) is 16.8 Å². The van der Waals surface area contributed by atoms with Crippen molar-refractivity contribution >= 4 is 27.8 Å². The Morgan fingerprint density at radius 3 is 2.48 bits per heavy atom. The lowest BCUT2D eigenvalue weighted by Gasteiger charge is -2.02. The van der Waals surface area contributed by atoms with Gasteiger partial charge in [-0.25, -0.2) is 9.51 Å². The molecule has 0 atom stereocenters. The van der Waals surface area contributed by atoms with Gasteiger partial charge >= 0.3 is 0 Å². The second kappa shape index (κ2) is 7.94. The van der Waals surface area contributed by atoms with Gasteiger partial charge in [0.25, 0.3) is 10.0 Å². The molecule has 0 aliphatic rings. The number of hydrazone groups is 1. The highest BCUT2D eigenvalue weighted by molar-refractivity contribution is 7.89. The van der Waals surface area contributed by atoms with Crippen LogP contribution in [0.15, 0.2) is 93.6 Å². The summed E-state index contributed by atoms with van der Waals surface area (Å²) in [5.41, 5.74) is 1.97. The van der Waals surface area contributed by atoms with Gasteiger partial charge in [0.05, 0.1) is 23.1 Å². The predicted octanol–water partition coefficient (Wildman–Crippen LogP) is 4.10. The first-order valence-electron chi connectivity index (χ1n) is 8.52. The van der Waals surface area contributed by atoms with Crippen LogP contribution >= 0.6 is 11.6 Å². The molecule has 0 aliphatic carbocycles. The summed E-state index contributed by atoms with van der Waals surface area (Å²) >= 11 is 5.80. The summed E-state index contributed by atoms with van der Waals surface area (Å²) in [5.74, 6) is 0.543. The van der Waals surface area contributed by atoms with Gasteiger partial charge in [-0.1, -0.05) is 29.8 Å². The Hall–Kier alpha value is -3.36. The molecule has 2 aromatic heterocycles. The Kier molecular flexibility index (Phi) is 5.20. The predicted molar refractivity (Wildman–Crippen MR) is 111 cm³/mol. The molecule has 0 radical (unpaired) electrons. The Balaban J connectivity index is 1.64. The fourth-order valence-electron chi connectivity index (χ4n) is 2.63. The summed E-state index contributed by atoms with van der Waals surface area (Å²) in [6.07, 6.45) is 4.67. The standard InChI is InChI=1S/C20H15ClN4O3S/c21-16-8-10-18(11-9-16)29(26,27)24-22-13-15-14-25(17-5-2-1-3-6-17)23-20(15)19-7-4-12-28-19/h1-14,24H. The average molecular weight is 427 g/mol.